The predicted molar refractivity (Wildman–Crippen MR) is 52.0 cm³/mol. The number of ether oxygens (including phenoxy) is 1. The first-order valence-electron chi connectivity index (χ1n) is 6.54. The summed E-state index contributed by atoms with van der Waals surface area (Å²) in [4.78, 5) is 10.8. The van der Waals surface area contributed by atoms with Gasteiger partial charge < -0.3 is 4.74 Å². The molecule has 10 atom stereocenters. The molecule has 0 amide bonds. The van der Waals surface area contributed by atoms with E-state index in [4.69, 9.17) is 4.74 Å². The smallest absolute Gasteiger partial charge is 0.233 e. The van der Waals surface area contributed by atoms with Crippen LogP contribution in [0, 0.1) is 57.5 Å². The van der Waals surface area contributed by atoms with E-state index < -0.39 is 0 Å². The maximum absolute atomic E-state index is 10.9. The first-order chi connectivity index (χ1) is 7.74. The van der Waals surface area contributed by atoms with Gasteiger partial charge >= 0.3 is 0 Å². The molecule has 2 saturated heterocycles. The molecule has 0 N–H and O–H groups in total. The number of hydrogen-bond donors (Lipinski definition) is 0. The predicted octanol–water partition coefficient (Wildman–Crippen LogP) is 0.788. The van der Waals surface area contributed by atoms with Gasteiger partial charge in [0.2, 0.25) is 6.54 Å². The van der Waals surface area contributed by atoms with Crippen LogP contribution in [0.2, 0.25) is 0 Å². The quantitative estimate of drug-likeness (QED) is 0.509. The second-order valence-corrected chi connectivity index (χ2v) is 6.95. The lowest BCUT2D eigenvalue weighted by Crippen LogP contribution is -2.51. The van der Waals surface area contributed by atoms with E-state index in [1.165, 1.54) is 6.42 Å². The maximum Gasteiger partial charge on any atom is 0.233 e. The zero-order chi connectivity index (χ0) is 10.4. The Labute approximate surface area is 92.5 Å². The van der Waals surface area contributed by atoms with Crippen molar-refractivity contribution in [1.82, 2.24) is 0 Å². The van der Waals surface area contributed by atoms with Crippen molar-refractivity contribution in [3.05, 3.63) is 10.1 Å². The summed E-state index contributed by atoms with van der Waals surface area (Å²) >= 11 is 0. The van der Waals surface area contributed by atoms with Crippen LogP contribution >= 0.6 is 0 Å². The normalized spacial score (nSPS) is 77.9. The third-order valence-electron chi connectivity index (χ3n) is 7.24. The van der Waals surface area contributed by atoms with Gasteiger partial charge in [0.15, 0.2) is 0 Å². The molecule has 0 aromatic heterocycles. The van der Waals surface area contributed by atoms with Crippen molar-refractivity contribution in [2.45, 2.75) is 18.1 Å². The van der Waals surface area contributed by atoms with E-state index in [1.54, 1.807) is 0 Å². The lowest BCUT2D eigenvalue weighted by Gasteiger charge is -2.44. The molecule has 0 aromatic carbocycles. The molecule has 4 heteroatoms. The van der Waals surface area contributed by atoms with E-state index in [-0.39, 0.29) is 17.1 Å². The lowest BCUT2D eigenvalue weighted by molar-refractivity contribution is -0.503. The van der Waals surface area contributed by atoms with Crippen molar-refractivity contribution < 1.29 is 9.66 Å². The molecule has 2 unspecified atom stereocenters. The Morgan fingerprint density at radius 2 is 2.06 bits per heavy atom. The van der Waals surface area contributed by atoms with Gasteiger partial charge in [-0.3, -0.25) is 10.1 Å². The molecule has 7 aliphatic rings. The van der Waals surface area contributed by atoms with Crippen LogP contribution < -0.4 is 0 Å². The fourth-order valence-corrected chi connectivity index (χ4v) is 7.66. The molecule has 5 aliphatic carbocycles. The summed E-state index contributed by atoms with van der Waals surface area (Å²) in [7, 11) is 0. The molecular formula is C12H13NO3. The first-order valence-corrected chi connectivity index (χ1v) is 6.54. The first kappa shape index (κ1) is 7.64. The topological polar surface area (TPSA) is 52.4 Å². The molecular weight excluding hydrogens is 206 g/mol. The molecule has 4 nitrogen and oxygen atoms in total. The van der Waals surface area contributed by atoms with E-state index >= 15 is 0 Å². The molecule has 0 aromatic rings. The van der Waals surface area contributed by atoms with Crippen molar-refractivity contribution in [2.75, 3.05) is 6.54 Å². The maximum atomic E-state index is 10.9. The summed E-state index contributed by atoms with van der Waals surface area (Å²) < 4.78 is 6.22. The van der Waals surface area contributed by atoms with Gasteiger partial charge in [0.25, 0.3) is 0 Å². The van der Waals surface area contributed by atoms with Crippen LogP contribution in [0.15, 0.2) is 0 Å². The summed E-state index contributed by atoms with van der Waals surface area (Å²) in [6.45, 7) is 0.0955. The second kappa shape index (κ2) is 1.74. The monoisotopic (exact) mass is 219 g/mol. The average Bonchev–Trinajstić information content (AvgIpc) is 2.73. The van der Waals surface area contributed by atoms with Gasteiger partial charge in [0.05, 0.1) is 6.10 Å². The van der Waals surface area contributed by atoms with Crippen LogP contribution in [-0.4, -0.2) is 23.2 Å². The highest BCUT2D eigenvalue weighted by Gasteiger charge is 2.93. The van der Waals surface area contributed by atoms with Gasteiger partial charge in [0, 0.05) is 16.8 Å². The minimum Gasteiger partial charge on any atom is -0.364 e. The van der Waals surface area contributed by atoms with Crippen molar-refractivity contribution in [2.24, 2.45) is 47.3 Å². The van der Waals surface area contributed by atoms with Crippen LogP contribution in [0.4, 0.5) is 0 Å². The van der Waals surface area contributed by atoms with E-state index in [0.717, 1.165) is 35.5 Å². The molecule has 0 radical (unpaired) electrons. The van der Waals surface area contributed by atoms with Crippen LogP contribution in [0.25, 0.3) is 0 Å². The highest BCUT2D eigenvalue weighted by atomic mass is 16.6. The molecule has 4 bridgehead atoms. The Morgan fingerprint density at radius 1 is 1.19 bits per heavy atom. The minimum absolute atomic E-state index is 0.0955. The molecule has 2 aliphatic heterocycles. The fourth-order valence-electron chi connectivity index (χ4n) is 7.66. The number of nitro groups is 1. The van der Waals surface area contributed by atoms with Gasteiger partial charge in [-0.1, -0.05) is 0 Å². The third kappa shape index (κ3) is 0.424. The van der Waals surface area contributed by atoms with Crippen molar-refractivity contribution in [3.8, 4) is 0 Å². The van der Waals surface area contributed by atoms with Crippen LogP contribution in [0.3, 0.4) is 0 Å². The average molecular weight is 219 g/mol. The fraction of sp³-hybridized carbons (Fsp3) is 1.00. The SMILES string of the molecule is O=[N+]([O-])C[C@]12O[C@@H]3[C@@H]4C1[C@H]1C[C@H]4[C@H]4[C@H]1C2[C@@H]34. The Morgan fingerprint density at radius 3 is 2.88 bits per heavy atom. The van der Waals surface area contributed by atoms with Crippen molar-refractivity contribution in [1.29, 1.82) is 0 Å². The van der Waals surface area contributed by atoms with E-state index in [2.05, 4.69) is 0 Å². The lowest BCUT2D eigenvalue weighted by atomic mass is 9.57. The number of nitrogens with zero attached hydrogens (tertiary/aromatic N) is 1. The summed E-state index contributed by atoms with van der Waals surface area (Å²) in [5.41, 5.74) is -0.291. The summed E-state index contributed by atoms with van der Waals surface area (Å²) in [6.07, 6.45) is 1.82. The number of hydrogen-bond acceptors (Lipinski definition) is 3. The van der Waals surface area contributed by atoms with E-state index in [1.807, 2.05) is 0 Å². The van der Waals surface area contributed by atoms with Crippen LogP contribution in [0.5, 0.6) is 0 Å². The van der Waals surface area contributed by atoms with Gasteiger partial charge in [-0.2, -0.15) is 0 Å². The second-order valence-electron chi connectivity index (χ2n) is 6.95. The Kier molecular flexibility index (Phi) is 0.832. The molecule has 2 heterocycles. The molecule has 16 heavy (non-hydrogen) atoms. The van der Waals surface area contributed by atoms with Gasteiger partial charge in [-0.25, -0.2) is 0 Å². The van der Waals surface area contributed by atoms with Crippen LogP contribution in [0.1, 0.15) is 6.42 Å². The molecule has 84 valence electrons. The Bertz CT molecular complexity index is 455. The third-order valence-corrected chi connectivity index (χ3v) is 7.24. The van der Waals surface area contributed by atoms with Crippen molar-refractivity contribution >= 4 is 0 Å². The highest BCUT2D eigenvalue weighted by molar-refractivity contribution is 5.39. The summed E-state index contributed by atoms with van der Waals surface area (Å²) in [5, 5.41) is 10.9. The van der Waals surface area contributed by atoms with Crippen LogP contribution in [-0.2, 0) is 4.74 Å². The van der Waals surface area contributed by atoms with E-state index in [9.17, 15) is 10.1 Å². The summed E-state index contributed by atoms with van der Waals surface area (Å²) in [6, 6.07) is 0. The molecule has 5 saturated carbocycles. The van der Waals surface area contributed by atoms with Gasteiger partial charge in [-0.15, -0.1) is 0 Å². The largest absolute Gasteiger partial charge is 0.364 e. The van der Waals surface area contributed by atoms with Gasteiger partial charge in [-0.05, 0) is 41.9 Å². The highest BCUT2D eigenvalue weighted by Crippen LogP contribution is 2.90. The zero-order valence-electron chi connectivity index (χ0n) is 8.78. The molecule has 7 rings (SSSR count). The molecule has 7 fully saturated rings. The summed E-state index contributed by atoms with van der Waals surface area (Å²) in [5.74, 6) is 6.13. The minimum atomic E-state index is -0.291. The zero-order valence-corrected chi connectivity index (χ0v) is 8.78. The van der Waals surface area contributed by atoms with E-state index in [0.29, 0.717) is 17.9 Å². The standard InChI is InChI=1S/C12H13NO3/c14-13(15)2-12-9-4-1-3-5-6(4)10(12)8(5)11(16-12)7(3)9/h3-11H,1-2H2/t3-,4-,5-,6-,7-,8-,9?,10?,11+,12-/m0/s1. The molecule has 0 spiro atoms. The number of rotatable bonds is 2. The van der Waals surface area contributed by atoms with Crippen molar-refractivity contribution in [3.63, 3.8) is 0 Å². The Balaban J connectivity index is 1.62. The van der Waals surface area contributed by atoms with Gasteiger partial charge in [0.1, 0.15) is 5.60 Å². The Hall–Kier alpha value is -0.640.